The number of carbonyl (C=O) groups excluding carboxylic acids is 1. The van der Waals surface area contributed by atoms with Gasteiger partial charge in [0.25, 0.3) is 0 Å². The fourth-order valence-electron chi connectivity index (χ4n) is 2.19. The third-order valence-electron chi connectivity index (χ3n) is 3.53. The Morgan fingerprint density at radius 1 is 1.29 bits per heavy atom. The van der Waals surface area contributed by atoms with Gasteiger partial charge in [-0.15, -0.1) is 0 Å². The van der Waals surface area contributed by atoms with Crippen molar-refractivity contribution in [2.75, 3.05) is 0 Å². The highest BCUT2D eigenvalue weighted by Gasteiger charge is 2.48. The Morgan fingerprint density at radius 3 is 2.62 bits per heavy atom. The summed E-state index contributed by atoms with van der Waals surface area (Å²) in [6.07, 6.45) is 3.50. The van der Waals surface area contributed by atoms with E-state index in [-0.39, 0.29) is 11.8 Å². The number of carbonyl (C=O) groups is 2. The van der Waals surface area contributed by atoms with Gasteiger partial charge in [-0.25, -0.2) is 9.67 Å². The molecule has 1 aromatic carbocycles. The van der Waals surface area contributed by atoms with E-state index in [1.165, 1.54) is 6.33 Å². The lowest BCUT2D eigenvalue weighted by Crippen LogP contribution is -2.25. The number of carboxylic acid groups (broad SMARTS) is 1. The van der Waals surface area contributed by atoms with Crippen LogP contribution < -0.4 is 5.32 Å². The maximum absolute atomic E-state index is 11.8. The van der Waals surface area contributed by atoms with Crippen LogP contribution in [0.4, 0.5) is 0 Å². The molecule has 1 fully saturated rings. The molecule has 0 radical (unpaired) electrons. The zero-order valence-electron chi connectivity index (χ0n) is 11.1. The molecule has 1 amide bonds. The van der Waals surface area contributed by atoms with Crippen molar-refractivity contribution in [3.63, 3.8) is 0 Å². The summed E-state index contributed by atoms with van der Waals surface area (Å²) in [7, 11) is 0. The number of benzene rings is 1. The smallest absolute Gasteiger partial charge is 0.307 e. The molecule has 0 unspecified atom stereocenters. The van der Waals surface area contributed by atoms with Crippen LogP contribution in [0.25, 0.3) is 5.69 Å². The number of hydrogen-bond donors (Lipinski definition) is 2. The first kappa shape index (κ1) is 13.3. The molecule has 3 rings (SSSR count). The molecule has 0 bridgehead atoms. The molecule has 1 heterocycles. The van der Waals surface area contributed by atoms with Gasteiger partial charge in [0, 0.05) is 6.54 Å². The van der Waals surface area contributed by atoms with Crippen LogP contribution in [0.15, 0.2) is 36.9 Å². The molecule has 0 aliphatic heterocycles. The van der Waals surface area contributed by atoms with Crippen LogP contribution in [-0.2, 0) is 16.1 Å². The van der Waals surface area contributed by atoms with Crippen LogP contribution in [0, 0.1) is 11.8 Å². The number of aliphatic carboxylic acids is 1. The first-order chi connectivity index (χ1) is 10.1. The molecule has 1 saturated carbocycles. The quantitative estimate of drug-likeness (QED) is 0.839. The topological polar surface area (TPSA) is 97.1 Å². The number of aromatic nitrogens is 3. The Balaban J connectivity index is 1.54. The van der Waals surface area contributed by atoms with Crippen molar-refractivity contribution < 1.29 is 14.7 Å². The molecule has 7 nitrogen and oxygen atoms in total. The zero-order valence-corrected chi connectivity index (χ0v) is 11.1. The van der Waals surface area contributed by atoms with Gasteiger partial charge in [0.1, 0.15) is 12.7 Å². The van der Waals surface area contributed by atoms with Crippen molar-refractivity contribution in [1.29, 1.82) is 0 Å². The van der Waals surface area contributed by atoms with Crippen LogP contribution in [0.2, 0.25) is 0 Å². The highest BCUT2D eigenvalue weighted by atomic mass is 16.4. The minimum Gasteiger partial charge on any atom is -0.481 e. The molecule has 1 aliphatic carbocycles. The maximum Gasteiger partial charge on any atom is 0.307 e. The lowest BCUT2D eigenvalue weighted by atomic mass is 10.2. The summed E-state index contributed by atoms with van der Waals surface area (Å²) in [5.74, 6) is -1.98. The first-order valence-corrected chi connectivity index (χ1v) is 6.59. The SMILES string of the molecule is O=C(O)[C@H]1C[C@@H]1C(=O)NCc1ccc(-n2cncn2)cc1. The van der Waals surface area contributed by atoms with Crippen LogP contribution in [0.1, 0.15) is 12.0 Å². The number of nitrogens with one attached hydrogen (secondary N) is 1. The normalized spacial score (nSPS) is 20.0. The van der Waals surface area contributed by atoms with Crippen molar-refractivity contribution >= 4 is 11.9 Å². The Kier molecular flexibility index (Phi) is 3.39. The third-order valence-corrected chi connectivity index (χ3v) is 3.53. The Morgan fingerprint density at radius 2 is 2.05 bits per heavy atom. The fraction of sp³-hybridized carbons (Fsp3) is 0.286. The molecule has 21 heavy (non-hydrogen) atoms. The van der Waals surface area contributed by atoms with Gasteiger partial charge >= 0.3 is 5.97 Å². The second kappa shape index (κ2) is 5.35. The number of nitrogens with zero attached hydrogens (tertiary/aromatic N) is 3. The van der Waals surface area contributed by atoms with E-state index in [9.17, 15) is 9.59 Å². The van der Waals surface area contributed by atoms with E-state index in [1.54, 1.807) is 11.0 Å². The van der Waals surface area contributed by atoms with Crippen LogP contribution in [-0.4, -0.2) is 31.7 Å². The molecular weight excluding hydrogens is 272 g/mol. The largest absolute Gasteiger partial charge is 0.481 e. The van der Waals surface area contributed by atoms with Gasteiger partial charge in [-0.2, -0.15) is 5.10 Å². The van der Waals surface area contributed by atoms with E-state index in [4.69, 9.17) is 5.11 Å². The Labute approximate surface area is 120 Å². The van der Waals surface area contributed by atoms with Gasteiger partial charge in [0.05, 0.1) is 17.5 Å². The summed E-state index contributed by atoms with van der Waals surface area (Å²) in [5.41, 5.74) is 1.83. The predicted octanol–water partition coefficient (Wildman–Crippen LogP) is 0.604. The second-order valence-electron chi connectivity index (χ2n) is 5.01. The monoisotopic (exact) mass is 286 g/mol. The molecule has 0 saturated heterocycles. The van der Waals surface area contributed by atoms with E-state index in [2.05, 4.69) is 15.4 Å². The van der Waals surface area contributed by atoms with Crippen LogP contribution in [0.3, 0.4) is 0 Å². The predicted molar refractivity (Wildman–Crippen MR) is 72.4 cm³/mol. The van der Waals surface area contributed by atoms with Crippen molar-refractivity contribution in [2.24, 2.45) is 11.8 Å². The minimum atomic E-state index is -0.896. The van der Waals surface area contributed by atoms with E-state index in [1.807, 2.05) is 24.3 Å². The summed E-state index contributed by atoms with van der Waals surface area (Å²) in [4.78, 5) is 26.3. The van der Waals surface area contributed by atoms with Crippen molar-refractivity contribution in [3.05, 3.63) is 42.5 Å². The van der Waals surface area contributed by atoms with Gasteiger partial charge in [0.2, 0.25) is 5.91 Å². The molecule has 7 heteroatoms. The number of hydrogen-bond acceptors (Lipinski definition) is 4. The zero-order chi connectivity index (χ0) is 14.8. The van der Waals surface area contributed by atoms with Crippen molar-refractivity contribution in [3.8, 4) is 5.69 Å². The van der Waals surface area contributed by atoms with E-state index in [0.29, 0.717) is 13.0 Å². The van der Waals surface area contributed by atoms with E-state index in [0.717, 1.165) is 11.3 Å². The van der Waals surface area contributed by atoms with Crippen molar-refractivity contribution in [2.45, 2.75) is 13.0 Å². The fourth-order valence-corrected chi connectivity index (χ4v) is 2.19. The molecule has 1 aliphatic rings. The summed E-state index contributed by atoms with van der Waals surface area (Å²) < 4.78 is 1.64. The Bertz CT molecular complexity index is 651. The van der Waals surface area contributed by atoms with Crippen molar-refractivity contribution in [1.82, 2.24) is 20.1 Å². The molecule has 2 aromatic rings. The molecule has 1 aromatic heterocycles. The number of amides is 1. The summed E-state index contributed by atoms with van der Waals surface area (Å²) in [5, 5.41) is 15.6. The lowest BCUT2D eigenvalue weighted by Gasteiger charge is -2.06. The van der Waals surface area contributed by atoms with Crippen LogP contribution in [0.5, 0.6) is 0 Å². The minimum absolute atomic E-state index is 0.192. The molecular formula is C14H14N4O3. The number of carboxylic acids is 1. The summed E-state index contributed by atoms with van der Waals surface area (Å²) >= 11 is 0. The third kappa shape index (κ3) is 2.91. The Hall–Kier alpha value is -2.70. The van der Waals surface area contributed by atoms with Gasteiger partial charge < -0.3 is 10.4 Å². The lowest BCUT2D eigenvalue weighted by molar-refractivity contribution is -0.140. The summed E-state index contributed by atoms with van der Waals surface area (Å²) in [6, 6.07) is 7.54. The van der Waals surface area contributed by atoms with E-state index >= 15 is 0 Å². The number of rotatable bonds is 5. The molecule has 2 atom stereocenters. The van der Waals surface area contributed by atoms with E-state index < -0.39 is 11.9 Å². The summed E-state index contributed by atoms with van der Waals surface area (Å²) in [6.45, 7) is 0.388. The van der Waals surface area contributed by atoms with Crippen LogP contribution >= 0.6 is 0 Å². The average molecular weight is 286 g/mol. The first-order valence-electron chi connectivity index (χ1n) is 6.59. The standard InChI is InChI=1S/C14H14N4O3/c19-13(11-5-12(11)14(20)21)16-6-9-1-3-10(4-2-9)18-8-15-7-17-18/h1-4,7-8,11-12H,5-6H2,(H,16,19)(H,20,21)/t11-,12-/m0/s1. The second-order valence-corrected chi connectivity index (χ2v) is 5.01. The van der Waals surface area contributed by atoms with Gasteiger partial charge in [-0.1, -0.05) is 12.1 Å². The van der Waals surface area contributed by atoms with Gasteiger partial charge in [-0.3, -0.25) is 9.59 Å². The average Bonchev–Trinajstić information content (AvgIpc) is 3.12. The molecule has 108 valence electrons. The van der Waals surface area contributed by atoms with Gasteiger partial charge in [-0.05, 0) is 24.1 Å². The molecule has 2 N–H and O–H groups in total. The van der Waals surface area contributed by atoms with Gasteiger partial charge in [0.15, 0.2) is 0 Å². The highest BCUT2D eigenvalue weighted by molar-refractivity contribution is 5.89. The maximum atomic E-state index is 11.8. The highest BCUT2D eigenvalue weighted by Crippen LogP contribution is 2.38. The molecule has 0 spiro atoms.